The largest absolute Gasteiger partial charge is 0.466 e. The zero-order valence-electron chi connectivity index (χ0n) is 8.58. The Morgan fingerprint density at radius 2 is 2.38 bits per heavy atom. The Labute approximate surface area is 80.2 Å². The van der Waals surface area contributed by atoms with Crippen LogP contribution in [0, 0.1) is 5.92 Å². The highest BCUT2D eigenvalue weighted by atomic mass is 16.5. The Balaban J connectivity index is 2.72. The van der Waals surface area contributed by atoms with Crippen molar-refractivity contribution in [2.45, 2.75) is 27.2 Å². The van der Waals surface area contributed by atoms with Crippen LogP contribution in [0.2, 0.25) is 0 Å². The third-order valence-electron chi connectivity index (χ3n) is 2.23. The van der Waals surface area contributed by atoms with Crippen molar-refractivity contribution in [3.05, 3.63) is 36.7 Å². The second-order valence-electron chi connectivity index (χ2n) is 3.39. The van der Waals surface area contributed by atoms with E-state index in [0.29, 0.717) is 5.92 Å². The number of rotatable bonds is 3. The molecule has 0 aromatic heterocycles. The monoisotopic (exact) mass is 179 g/mol. The minimum absolute atomic E-state index is 0.465. The van der Waals surface area contributed by atoms with Crippen LogP contribution < -0.4 is 0 Å². The first-order valence-electron chi connectivity index (χ1n) is 4.64. The molecule has 1 heterocycles. The van der Waals surface area contributed by atoms with E-state index in [-0.39, 0.29) is 0 Å². The SMILES string of the molecule is C=C(C)N1C=COC(C(C)CC)=C1. The van der Waals surface area contributed by atoms with E-state index in [2.05, 4.69) is 20.4 Å². The van der Waals surface area contributed by atoms with Gasteiger partial charge in [0, 0.05) is 24.0 Å². The fraction of sp³-hybridized carbons (Fsp3) is 0.455. The maximum absolute atomic E-state index is 5.41. The summed E-state index contributed by atoms with van der Waals surface area (Å²) in [5, 5.41) is 0. The van der Waals surface area contributed by atoms with Gasteiger partial charge in [0.05, 0.1) is 0 Å². The minimum Gasteiger partial charge on any atom is -0.466 e. The molecule has 0 aromatic carbocycles. The normalized spacial score (nSPS) is 17.8. The van der Waals surface area contributed by atoms with Crippen LogP contribution in [0.3, 0.4) is 0 Å². The van der Waals surface area contributed by atoms with Gasteiger partial charge in [-0.05, 0) is 13.3 Å². The summed E-state index contributed by atoms with van der Waals surface area (Å²) in [7, 11) is 0. The molecule has 1 aliphatic heterocycles. The van der Waals surface area contributed by atoms with E-state index < -0.39 is 0 Å². The summed E-state index contributed by atoms with van der Waals surface area (Å²) < 4.78 is 5.41. The molecule has 0 spiro atoms. The molecule has 0 bridgehead atoms. The molecule has 0 radical (unpaired) electrons. The second kappa shape index (κ2) is 4.17. The van der Waals surface area contributed by atoms with Crippen molar-refractivity contribution in [2.24, 2.45) is 5.92 Å². The molecule has 1 unspecified atom stereocenters. The van der Waals surface area contributed by atoms with Crippen molar-refractivity contribution < 1.29 is 4.74 Å². The molecule has 0 saturated carbocycles. The van der Waals surface area contributed by atoms with Gasteiger partial charge >= 0.3 is 0 Å². The molecule has 0 aromatic rings. The lowest BCUT2D eigenvalue weighted by molar-refractivity contribution is 0.264. The first-order valence-corrected chi connectivity index (χ1v) is 4.64. The Bertz CT molecular complexity index is 253. The summed E-state index contributed by atoms with van der Waals surface area (Å²) in [4.78, 5) is 1.98. The molecule has 72 valence electrons. The lowest BCUT2D eigenvalue weighted by Gasteiger charge is -2.23. The van der Waals surface area contributed by atoms with Gasteiger partial charge in [0.2, 0.25) is 0 Å². The Morgan fingerprint density at radius 1 is 1.69 bits per heavy atom. The van der Waals surface area contributed by atoms with E-state index in [0.717, 1.165) is 17.9 Å². The predicted octanol–water partition coefficient (Wildman–Crippen LogP) is 3.21. The quantitative estimate of drug-likeness (QED) is 0.659. The third kappa shape index (κ3) is 2.38. The Kier molecular flexibility index (Phi) is 3.18. The lowest BCUT2D eigenvalue weighted by Crippen LogP contribution is -2.14. The summed E-state index contributed by atoms with van der Waals surface area (Å²) >= 11 is 0. The van der Waals surface area contributed by atoms with Gasteiger partial charge in [0.1, 0.15) is 12.0 Å². The minimum atomic E-state index is 0.465. The number of allylic oxidation sites excluding steroid dienone is 2. The molecule has 0 amide bonds. The molecule has 2 nitrogen and oxygen atoms in total. The molecule has 1 atom stereocenters. The Morgan fingerprint density at radius 3 is 2.92 bits per heavy atom. The maximum atomic E-state index is 5.41. The number of hydrogen-bond acceptors (Lipinski definition) is 2. The number of ether oxygens (including phenoxy) is 1. The van der Waals surface area contributed by atoms with Gasteiger partial charge in [0.25, 0.3) is 0 Å². The standard InChI is InChI=1S/C11H17NO/c1-5-10(4)11-8-12(9(2)3)6-7-13-11/h6-8,10H,2,5H2,1,3-4H3. The summed E-state index contributed by atoms with van der Waals surface area (Å²) in [6, 6.07) is 0. The first kappa shape index (κ1) is 9.90. The van der Waals surface area contributed by atoms with Gasteiger partial charge in [-0.3, -0.25) is 0 Å². The zero-order chi connectivity index (χ0) is 9.84. The van der Waals surface area contributed by atoms with Crippen molar-refractivity contribution in [3.63, 3.8) is 0 Å². The molecule has 1 rings (SSSR count). The molecule has 0 saturated heterocycles. The van der Waals surface area contributed by atoms with Gasteiger partial charge < -0.3 is 9.64 Å². The first-order chi connectivity index (χ1) is 6.15. The highest BCUT2D eigenvalue weighted by Gasteiger charge is 2.12. The predicted molar refractivity (Wildman–Crippen MR) is 54.4 cm³/mol. The van der Waals surface area contributed by atoms with Crippen LogP contribution in [-0.4, -0.2) is 4.90 Å². The van der Waals surface area contributed by atoms with Crippen LogP contribution in [-0.2, 0) is 4.74 Å². The van der Waals surface area contributed by atoms with Crippen LogP contribution in [0.25, 0.3) is 0 Å². The fourth-order valence-corrected chi connectivity index (χ4v) is 1.07. The van der Waals surface area contributed by atoms with E-state index in [1.807, 2.05) is 24.2 Å². The van der Waals surface area contributed by atoms with E-state index in [1.54, 1.807) is 6.26 Å². The second-order valence-corrected chi connectivity index (χ2v) is 3.39. The highest BCUT2D eigenvalue weighted by molar-refractivity contribution is 5.11. The maximum Gasteiger partial charge on any atom is 0.123 e. The van der Waals surface area contributed by atoms with Crippen molar-refractivity contribution in [1.82, 2.24) is 4.90 Å². The molecular formula is C11H17NO. The average molecular weight is 179 g/mol. The van der Waals surface area contributed by atoms with Crippen LogP contribution >= 0.6 is 0 Å². The molecule has 13 heavy (non-hydrogen) atoms. The number of hydrogen-bond donors (Lipinski definition) is 0. The molecule has 0 N–H and O–H groups in total. The molecule has 0 aliphatic carbocycles. The molecule has 2 heteroatoms. The fourth-order valence-electron chi connectivity index (χ4n) is 1.07. The van der Waals surface area contributed by atoms with E-state index >= 15 is 0 Å². The third-order valence-corrected chi connectivity index (χ3v) is 2.23. The zero-order valence-corrected chi connectivity index (χ0v) is 8.58. The summed E-state index contributed by atoms with van der Waals surface area (Å²) in [5.41, 5.74) is 1.00. The van der Waals surface area contributed by atoms with Crippen molar-refractivity contribution in [2.75, 3.05) is 0 Å². The lowest BCUT2D eigenvalue weighted by atomic mass is 10.1. The van der Waals surface area contributed by atoms with Crippen LogP contribution in [0.5, 0.6) is 0 Å². The van der Waals surface area contributed by atoms with E-state index in [4.69, 9.17) is 4.74 Å². The van der Waals surface area contributed by atoms with Crippen molar-refractivity contribution >= 4 is 0 Å². The van der Waals surface area contributed by atoms with E-state index in [9.17, 15) is 0 Å². The summed E-state index contributed by atoms with van der Waals surface area (Å²) in [6.45, 7) is 10.2. The van der Waals surface area contributed by atoms with Gasteiger partial charge in [0.15, 0.2) is 0 Å². The average Bonchev–Trinajstić information content (AvgIpc) is 2.17. The van der Waals surface area contributed by atoms with Crippen molar-refractivity contribution in [1.29, 1.82) is 0 Å². The summed E-state index contributed by atoms with van der Waals surface area (Å²) in [5.74, 6) is 1.47. The van der Waals surface area contributed by atoms with Gasteiger partial charge in [-0.2, -0.15) is 0 Å². The van der Waals surface area contributed by atoms with Crippen LogP contribution in [0.4, 0.5) is 0 Å². The smallest absolute Gasteiger partial charge is 0.123 e. The van der Waals surface area contributed by atoms with Gasteiger partial charge in [-0.1, -0.05) is 20.4 Å². The van der Waals surface area contributed by atoms with E-state index in [1.165, 1.54) is 0 Å². The van der Waals surface area contributed by atoms with Crippen LogP contribution in [0.15, 0.2) is 36.7 Å². The molecule has 1 aliphatic rings. The van der Waals surface area contributed by atoms with Gasteiger partial charge in [-0.15, -0.1) is 0 Å². The van der Waals surface area contributed by atoms with Crippen LogP contribution in [0.1, 0.15) is 27.2 Å². The summed E-state index contributed by atoms with van der Waals surface area (Å²) in [6.07, 6.45) is 6.66. The molecule has 0 fully saturated rings. The Hall–Kier alpha value is -1.18. The van der Waals surface area contributed by atoms with Crippen molar-refractivity contribution in [3.8, 4) is 0 Å². The highest BCUT2D eigenvalue weighted by Crippen LogP contribution is 2.21. The molecular weight excluding hydrogens is 162 g/mol. The number of nitrogens with zero attached hydrogens (tertiary/aromatic N) is 1. The van der Waals surface area contributed by atoms with Gasteiger partial charge in [-0.25, -0.2) is 0 Å². The topological polar surface area (TPSA) is 12.5 Å².